The molecule has 0 amide bonds. The lowest BCUT2D eigenvalue weighted by atomic mass is 9.80. The third kappa shape index (κ3) is 2.62. The number of hydrogen-bond acceptors (Lipinski definition) is 4. The molecular formula is C15H18O4. The van der Waals surface area contributed by atoms with Gasteiger partial charge in [0.25, 0.3) is 0 Å². The zero-order valence-electron chi connectivity index (χ0n) is 11.2. The summed E-state index contributed by atoms with van der Waals surface area (Å²) in [5.41, 5.74) is 0.919. The monoisotopic (exact) mass is 262 g/mol. The van der Waals surface area contributed by atoms with Gasteiger partial charge in [0.15, 0.2) is 5.92 Å². The van der Waals surface area contributed by atoms with Crippen molar-refractivity contribution in [3.05, 3.63) is 29.8 Å². The van der Waals surface area contributed by atoms with Gasteiger partial charge >= 0.3 is 11.9 Å². The Morgan fingerprint density at radius 3 is 2.74 bits per heavy atom. The summed E-state index contributed by atoms with van der Waals surface area (Å²) in [4.78, 5) is 24.0. The predicted octanol–water partition coefficient (Wildman–Crippen LogP) is 2.67. The molecule has 0 spiro atoms. The van der Waals surface area contributed by atoms with Gasteiger partial charge in [-0.1, -0.05) is 31.5 Å². The van der Waals surface area contributed by atoms with Crippen LogP contribution >= 0.6 is 0 Å². The van der Waals surface area contributed by atoms with Gasteiger partial charge in [0.05, 0.1) is 6.61 Å². The van der Waals surface area contributed by atoms with Crippen LogP contribution in [0.5, 0.6) is 5.75 Å². The molecule has 0 saturated carbocycles. The molecule has 0 unspecified atom stereocenters. The molecular weight excluding hydrogens is 244 g/mol. The highest BCUT2D eigenvalue weighted by Crippen LogP contribution is 2.40. The molecule has 2 atom stereocenters. The summed E-state index contributed by atoms with van der Waals surface area (Å²) in [5.74, 6) is -1.42. The third-order valence-electron chi connectivity index (χ3n) is 3.33. The maximum absolute atomic E-state index is 12.0. The van der Waals surface area contributed by atoms with E-state index in [9.17, 15) is 9.59 Å². The molecule has 0 N–H and O–H groups in total. The van der Waals surface area contributed by atoms with Crippen LogP contribution in [0.25, 0.3) is 0 Å². The maximum atomic E-state index is 12.0. The molecule has 1 aliphatic heterocycles. The van der Waals surface area contributed by atoms with Crippen LogP contribution in [0.4, 0.5) is 0 Å². The van der Waals surface area contributed by atoms with E-state index >= 15 is 0 Å². The summed E-state index contributed by atoms with van der Waals surface area (Å²) in [6.45, 7) is 4.03. The number of ether oxygens (including phenoxy) is 2. The van der Waals surface area contributed by atoms with Gasteiger partial charge in [0, 0.05) is 5.92 Å². The molecule has 0 aromatic heterocycles. The van der Waals surface area contributed by atoms with E-state index < -0.39 is 17.9 Å². The fourth-order valence-corrected chi connectivity index (χ4v) is 2.52. The second kappa shape index (κ2) is 5.87. The van der Waals surface area contributed by atoms with E-state index in [-0.39, 0.29) is 12.5 Å². The van der Waals surface area contributed by atoms with Crippen LogP contribution in [-0.2, 0) is 14.3 Å². The first-order chi connectivity index (χ1) is 9.19. The Morgan fingerprint density at radius 2 is 2.05 bits per heavy atom. The number of hydrogen-bond donors (Lipinski definition) is 0. The minimum absolute atomic E-state index is 0.151. The van der Waals surface area contributed by atoms with E-state index in [1.807, 2.05) is 25.1 Å². The minimum atomic E-state index is -0.838. The van der Waals surface area contributed by atoms with Crippen molar-refractivity contribution in [3.63, 3.8) is 0 Å². The van der Waals surface area contributed by atoms with Crippen molar-refractivity contribution in [2.24, 2.45) is 5.92 Å². The van der Waals surface area contributed by atoms with Crippen molar-refractivity contribution in [3.8, 4) is 5.75 Å². The number of carbonyl (C=O) groups excluding carboxylic acids is 2. The fraction of sp³-hybridized carbons (Fsp3) is 0.467. The number of rotatable bonds is 4. The number of benzene rings is 1. The normalized spacial score (nSPS) is 21.5. The Balaban J connectivity index is 2.38. The van der Waals surface area contributed by atoms with Gasteiger partial charge < -0.3 is 9.47 Å². The first-order valence-electron chi connectivity index (χ1n) is 6.66. The van der Waals surface area contributed by atoms with E-state index in [2.05, 4.69) is 0 Å². The predicted molar refractivity (Wildman–Crippen MR) is 69.8 cm³/mol. The van der Waals surface area contributed by atoms with Crippen molar-refractivity contribution in [2.75, 3.05) is 6.61 Å². The molecule has 4 heteroatoms. The highest BCUT2D eigenvalue weighted by Gasteiger charge is 2.42. The molecule has 4 nitrogen and oxygen atoms in total. The van der Waals surface area contributed by atoms with Gasteiger partial charge in [-0.25, -0.2) is 0 Å². The molecule has 1 aromatic carbocycles. The first kappa shape index (κ1) is 13.6. The second-order valence-corrected chi connectivity index (χ2v) is 4.58. The molecule has 0 radical (unpaired) electrons. The topological polar surface area (TPSA) is 52.6 Å². The summed E-state index contributed by atoms with van der Waals surface area (Å²) in [6, 6.07) is 7.38. The van der Waals surface area contributed by atoms with Crippen LogP contribution in [0.2, 0.25) is 0 Å². The number of carbonyl (C=O) groups is 2. The van der Waals surface area contributed by atoms with E-state index in [1.54, 1.807) is 13.0 Å². The molecule has 0 saturated heterocycles. The van der Waals surface area contributed by atoms with Gasteiger partial charge in [-0.3, -0.25) is 9.59 Å². The van der Waals surface area contributed by atoms with Crippen molar-refractivity contribution in [2.45, 2.75) is 32.6 Å². The Morgan fingerprint density at radius 1 is 1.32 bits per heavy atom. The number of esters is 2. The molecule has 2 rings (SSSR count). The Kier molecular flexibility index (Phi) is 4.20. The smallest absolute Gasteiger partial charge is 0.326 e. The highest BCUT2D eigenvalue weighted by molar-refractivity contribution is 5.98. The number of para-hydroxylation sites is 1. The summed E-state index contributed by atoms with van der Waals surface area (Å²) in [7, 11) is 0. The van der Waals surface area contributed by atoms with Crippen LogP contribution in [0.1, 0.15) is 38.2 Å². The Bertz CT molecular complexity index is 481. The zero-order chi connectivity index (χ0) is 13.8. The standard InChI is InChI=1S/C15H18O4/c1-3-7-11-10-8-5-6-9-12(10)19-15(17)13(11)14(16)18-4-2/h5-6,8-9,11,13H,3-4,7H2,1-2H3/t11-,13-/m0/s1. The highest BCUT2D eigenvalue weighted by atomic mass is 16.6. The SMILES string of the molecule is CCC[C@H]1c2ccccc2OC(=O)[C@@H]1C(=O)OCC. The van der Waals surface area contributed by atoms with Crippen molar-refractivity contribution >= 4 is 11.9 Å². The van der Waals surface area contributed by atoms with Crippen molar-refractivity contribution < 1.29 is 19.1 Å². The fourth-order valence-electron chi connectivity index (χ4n) is 2.52. The van der Waals surface area contributed by atoms with E-state index in [4.69, 9.17) is 9.47 Å². The molecule has 102 valence electrons. The molecule has 1 aromatic rings. The van der Waals surface area contributed by atoms with E-state index in [0.29, 0.717) is 5.75 Å². The molecule has 0 fully saturated rings. The quantitative estimate of drug-likeness (QED) is 0.475. The lowest BCUT2D eigenvalue weighted by Gasteiger charge is -2.30. The summed E-state index contributed by atoms with van der Waals surface area (Å²) in [5, 5.41) is 0. The van der Waals surface area contributed by atoms with Crippen LogP contribution < -0.4 is 4.74 Å². The van der Waals surface area contributed by atoms with E-state index in [0.717, 1.165) is 18.4 Å². The Hall–Kier alpha value is -1.84. The van der Waals surface area contributed by atoms with Crippen molar-refractivity contribution in [1.29, 1.82) is 0 Å². The first-order valence-corrected chi connectivity index (χ1v) is 6.66. The molecule has 1 heterocycles. The lowest BCUT2D eigenvalue weighted by Crippen LogP contribution is -2.38. The average Bonchev–Trinajstić information content (AvgIpc) is 2.39. The molecule has 0 aliphatic carbocycles. The second-order valence-electron chi connectivity index (χ2n) is 4.58. The number of fused-ring (bicyclic) bond motifs is 1. The lowest BCUT2D eigenvalue weighted by molar-refractivity contribution is -0.159. The van der Waals surface area contributed by atoms with Gasteiger partial charge in [-0.2, -0.15) is 0 Å². The molecule has 19 heavy (non-hydrogen) atoms. The van der Waals surface area contributed by atoms with Crippen LogP contribution in [0, 0.1) is 5.92 Å². The molecule has 0 bridgehead atoms. The maximum Gasteiger partial charge on any atom is 0.326 e. The van der Waals surface area contributed by atoms with Crippen molar-refractivity contribution in [1.82, 2.24) is 0 Å². The average molecular weight is 262 g/mol. The third-order valence-corrected chi connectivity index (χ3v) is 3.33. The summed E-state index contributed by atoms with van der Waals surface area (Å²) in [6.07, 6.45) is 1.65. The van der Waals surface area contributed by atoms with Crippen LogP contribution in [0.3, 0.4) is 0 Å². The summed E-state index contributed by atoms with van der Waals surface area (Å²) >= 11 is 0. The largest absolute Gasteiger partial charge is 0.465 e. The Labute approximate surface area is 112 Å². The van der Waals surface area contributed by atoms with Crippen LogP contribution in [-0.4, -0.2) is 18.5 Å². The van der Waals surface area contributed by atoms with Gasteiger partial charge in [-0.15, -0.1) is 0 Å². The summed E-state index contributed by atoms with van der Waals surface area (Å²) < 4.78 is 10.3. The molecule has 1 aliphatic rings. The van der Waals surface area contributed by atoms with E-state index in [1.165, 1.54) is 0 Å². The zero-order valence-corrected chi connectivity index (χ0v) is 11.2. The minimum Gasteiger partial charge on any atom is -0.465 e. The van der Waals surface area contributed by atoms with Crippen LogP contribution in [0.15, 0.2) is 24.3 Å². The van der Waals surface area contributed by atoms with Gasteiger partial charge in [0.1, 0.15) is 5.75 Å². The van der Waals surface area contributed by atoms with Gasteiger partial charge in [-0.05, 0) is 25.0 Å². The van der Waals surface area contributed by atoms with Gasteiger partial charge in [0.2, 0.25) is 0 Å².